The highest BCUT2D eigenvalue weighted by molar-refractivity contribution is 9.10. The molecule has 2 rings (SSSR count). The Bertz CT molecular complexity index is 672. The molecule has 0 heterocycles. The van der Waals surface area contributed by atoms with Crippen LogP contribution in [0.15, 0.2) is 46.9 Å². The fourth-order valence-corrected chi connectivity index (χ4v) is 2.28. The lowest BCUT2D eigenvalue weighted by molar-refractivity contribution is 0.102. The average molecular weight is 329 g/mol. The van der Waals surface area contributed by atoms with Crippen molar-refractivity contribution in [3.8, 4) is 6.07 Å². The maximum absolute atomic E-state index is 12.2. The van der Waals surface area contributed by atoms with Crippen molar-refractivity contribution in [2.24, 2.45) is 0 Å². The third kappa shape index (κ3) is 3.25. The lowest BCUT2D eigenvalue weighted by atomic mass is 10.1. The van der Waals surface area contributed by atoms with Crippen LogP contribution in [0.5, 0.6) is 0 Å². The van der Waals surface area contributed by atoms with Crippen LogP contribution in [0.3, 0.4) is 0 Å². The lowest BCUT2D eigenvalue weighted by Crippen LogP contribution is -2.13. The molecule has 4 heteroatoms. The second kappa shape index (κ2) is 6.36. The van der Waals surface area contributed by atoms with Gasteiger partial charge in [0.25, 0.3) is 5.91 Å². The molecule has 0 unspecified atom stereocenters. The molecule has 20 heavy (non-hydrogen) atoms. The number of aryl methyl sites for hydroxylation is 1. The van der Waals surface area contributed by atoms with Gasteiger partial charge in [-0.05, 0) is 54.4 Å². The van der Waals surface area contributed by atoms with E-state index >= 15 is 0 Å². The van der Waals surface area contributed by atoms with Crippen molar-refractivity contribution >= 4 is 27.5 Å². The van der Waals surface area contributed by atoms with Crippen molar-refractivity contribution in [2.45, 2.75) is 13.3 Å². The van der Waals surface area contributed by atoms with Crippen molar-refractivity contribution < 1.29 is 4.79 Å². The smallest absolute Gasteiger partial charge is 0.255 e. The highest BCUT2D eigenvalue weighted by Gasteiger charge is 2.09. The summed E-state index contributed by atoms with van der Waals surface area (Å²) in [6, 6.07) is 14.4. The van der Waals surface area contributed by atoms with Crippen molar-refractivity contribution in [1.29, 1.82) is 5.26 Å². The van der Waals surface area contributed by atoms with Gasteiger partial charge in [0.1, 0.15) is 0 Å². The van der Waals surface area contributed by atoms with Crippen LogP contribution in [-0.4, -0.2) is 5.91 Å². The third-order valence-electron chi connectivity index (χ3n) is 2.97. The van der Waals surface area contributed by atoms with Crippen LogP contribution >= 0.6 is 15.9 Å². The monoisotopic (exact) mass is 328 g/mol. The molecule has 0 saturated carbocycles. The van der Waals surface area contributed by atoms with E-state index in [-0.39, 0.29) is 5.91 Å². The Morgan fingerprint density at radius 2 is 1.95 bits per heavy atom. The topological polar surface area (TPSA) is 52.9 Å². The molecule has 100 valence electrons. The van der Waals surface area contributed by atoms with E-state index in [1.165, 1.54) is 0 Å². The highest BCUT2D eigenvalue weighted by atomic mass is 79.9. The number of hydrogen-bond donors (Lipinski definition) is 1. The first kappa shape index (κ1) is 14.3. The van der Waals surface area contributed by atoms with E-state index in [0.717, 1.165) is 22.1 Å². The largest absolute Gasteiger partial charge is 0.322 e. The summed E-state index contributed by atoms with van der Waals surface area (Å²) < 4.78 is 0.991. The zero-order chi connectivity index (χ0) is 14.5. The molecule has 0 radical (unpaired) electrons. The number of carbonyl (C=O) groups excluding carboxylic acids is 1. The van der Waals surface area contributed by atoms with Gasteiger partial charge in [-0.3, -0.25) is 4.79 Å². The van der Waals surface area contributed by atoms with E-state index in [2.05, 4.69) is 21.2 Å². The predicted octanol–water partition coefficient (Wildman–Crippen LogP) is 4.14. The van der Waals surface area contributed by atoms with Gasteiger partial charge in [0.05, 0.1) is 11.6 Å². The summed E-state index contributed by atoms with van der Waals surface area (Å²) in [6.07, 6.45) is 0.836. The fourth-order valence-electron chi connectivity index (χ4n) is 1.87. The maximum Gasteiger partial charge on any atom is 0.255 e. The minimum atomic E-state index is -0.175. The van der Waals surface area contributed by atoms with E-state index in [4.69, 9.17) is 5.26 Å². The summed E-state index contributed by atoms with van der Waals surface area (Å²) in [5, 5.41) is 11.6. The number of amides is 1. The summed E-state index contributed by atoms with van der Waals surface area (Å²) in [4.78, 5) is 12.2. The Kier molecular flexibility index (Phi) is 4.54. The number of nitrogens with zero attached hydrogens (tertiary/aromatic N) is 1. The third-order valence-corrected chi connectivity index (χ3v) is 3.47. The maximum atomic E-state index is 12.2. The molecule has 0 fully saturated rings. The number of hydrogen-bond acceptors (Lipinski definition) is 2. The van der Waals surface area contributed by atoms with Crippen LogP contribution in [0, 0.1) is 11.3 Å². The van der Waals surface area contributed by atoms with Crippen molar-refractivity contribution in [3.63, 3.8) is 0 Å². The van der Waals surface area contributed by atoms with E-state index in [1.807, 2.05) is 31.2 Å². The summed E-state index contributed by atoms with van der Waals surface area (Å²) >= 11 is 3.42. The van der Waals surface area contributed by atoms with E-state index in [0.29, 0.717) is 11.1 Å². The van der Waals surface area contributed by atoms with Crippen molar-refractivity contribution in [1.82, 2.24) is 0 Å². The molecule has 0 aromatic heterocycles. The van der Waals surface area contributed by atoms with Crippen molar-refractivity contribution in [3.05, 3.63) is 63.6 Å². The summed E-state index contributed by atoms with van der Waals surface area (Å²) in [5.41, 5.74) is 2.96. The van der Waals surface area contributed by atoms with Gasteiger partial charge < -0.3 is 5.32 Å². The molecule has 0 aliphatic carbocycles. The zero-order valence-electron chi connectivity index (χ0n) is 11.0. The number of nitriles is 1. The Morgan fingerprint density at radius 1 is 1.25 bits per heavy atom. The van der Waals surface area contributed by atoms with E-state index < -0.39 is 0 Å². The average Bonchev–Trinajstić information content (AvgIpc) is 2.49. The molecule has 1 amide bonds. The first-order valence-electron chi connectivity index (χ1n) is 6.24. The van der Waals surface area contributed by atoms with Crippen LogP contribution in [-0.2, 0) is 6.42 Å². The predicted molar refractivity (Wildman–Crippen MR) is 82.6 cm³/mol. The van der Waals surface area contributed by atoms with Crippen LogP contribution < -0.4 is 5.32 Å². The quantitative estimate of drug-likeness (QED) is 0.920. The minimum Gasteiger partial charge on any atom is -0.322 e. The molecular weight excluding hydrogens is 316 g/mol. The Morgan fingerprint density at radius 3 is 2.55 bits per heavy atom. The molecule has 0 bridgehead atoms. The summed E-state index contributed by atoms with van der Waals surface area (Å²) in [7, 11) is 0. The Labute approximate surface area is 126 Å². The van der Waals surface area contributed by atoms with Gasteiger partial charge in [-0.15, -0.1) is 0 Å². The fraction of sp³-hybridized carbons (Fsp3) is 0.125. The SMILES string of the molecule is CCc1cc(Br)ccc1NC(=O)c1ccc(C#N)cc1. The van der Waals surface area contributed by atoms with Gasteiger partial charge in [-0.1, -0.05) is 22.9 Å². The molecule has 3 nitrogen and oxygen atoms in total. The van der Waals surface area contributed by atoms with Gasteiger partial charge >= 0.3 is 0 Å². The second-order valence-electron chi connectivity index (χ2n) is 4.30. The van der Waals surface area contributed by atoms with Crippen molar-refractivity contribution in [2.75, 3.05) is 5.32 Å². The van der Waals surface area contributed by atoms with Gasteiger partial charge in [-0.2, -0.15) is 5.26 Å². The lowest BCUT2D eigenvalue weighted by Gasteiger charge is -2.10. The molecular formula is C16H13BrN2O. The van der Waals surface area contributed by atoms with E-state index in [1.54, 1.807) is 24.3 Å². The van der Waals surface area contributed by atoms with Crippen LogP contribution in [0.25, 0.3) is 0 Å². The molecule has 0 spiro atoms. The Hall–Kier alpha value is -2.12. The first-order chi connectivity index (χ1) is 9.63. The minimum absolute atomic E-state index is 0.175. The molecule has 2 aromatic rings. The number of halogens is 1. The first-order valence-corrected chi connectivity index (χ1v) is 7.03. The molecule has 0 atom stereocenters. The van der Waals surface area contributed by atoms with Crippen LogP contribution in [0.4, 0.5) is 5.69 Å². The molecule has 1 N–H and O–H groups in total. The highest BCUT2D eigenvalue weighted by Crippen LogP contribution is 2.22. The number of rotatable bonds is 3. The van der Waals surface area contributed by atoms with Crippen LogP contribution in [0.2, 0.25) is 0 Å². The van der Waals surface area contributed by atoms with Gasteiger partial charge in [0, 0.05) is 15.7 Å². The number of benzene rings is 2. The zero-order valence-corrected chi connectivity index (χ0v) is 12.6. The number of carbonyl (C=O) groups is 1. The number of anilines is 1. The molecule has 0 aliphatic heterocycles. The van der Waals surface area contributed by atoms with Gasteiger partial charge in [0.2, 0.25) is 0 Å². The second-order valence-corrected chi connectivity index (χ2v) is 5.21. The number of nitrogens with one attached hydrogen (secondary N) is 1. The van der Waals surface area contributed by atoms with Gasteiger partial charge in [0.15, 0.2) is 0 Å². The van der Waals surface area contributed by atoms with E-state index in [9.17, 15) is 4.79 Å². The summed E-state index contributed by atoms with van der Waals surface area (Å²) in [5.74, 6) is -0.175. The normalized spacial score (nSPS) is 9.85. The molecule has 0 saturated heterocycles. The van der Waals surface area contributed by atoms with Crippen LogP contribution in [0.1, 0.15) is 28.4 Å². The Balaban J connectivity index is 2.21. The van der Waals surface area contributed by atoms with Gasteiger partial charge in [-0.25, -0.2) is 0 Å². The standard InChI is InChI=1S/C16H13BrN2O/c1-2-12-9-14(17)7-8-15(12)19-16(20)13-5-3-11(10-18)4-6-13/h3-9H,2H2,1H3,(H,19,20). The molecule has 0 aliphatic rings. The molecule has 2 aromatic carbocycles. The summed E-state index contributed by atoms with van der Waals surface area (Å²) in [6.45, 7) is 2.04.